The predicted octanol–water partition coefficient (Wildman–Crippen LogP) is 10.5. The van der Waals surface area contributed by atoms with Gasteiger partial charge in [0.15, 0.2) is 6.10 Å². The third-order valence-corrected chi connectivity index (χ3v) is 10.8. The summed E-state index contributed by atoms with van der Waals surface area (Å²) in [6.45, 7) is 8.07. The molecule has 0 amide bonds. The molecule has 2 unspecified atom stereocenters. The Morgan fingerprint density at radius 3 is 1.92 bits per heavy atom. The zero-order valence-electron chi connectivity index (χ0n) is 38.2. The van der Waals surface area contributed by atoms with Crippen molar-refractivity contribution in [2.45, 2.75) is 162 Å². The van der Waals surface area contributed by atoms with Gasteiger partial charge in [-0.05, 0) is 82.8 Å². The molecule has 3 atom stereocenters. The van der Waals surface area contributed by atoms with Crippen molar-refractivity contribution >= 4 is 19.8 Å². The number of likely N-dealkylation sites (N-methyl/N-ethyl adjacent to an activating group) is 1. The summed E-state index contributed by atoms with van der Waals surface area (Å²) in [5, 5.41) is 10.3. The van der Waals surface area contributed by atoms with Crippen molar-refractivity contribution in [3.8, 4) is 0 Å². The number of hydrogen-bond donors (Lipinski definition) is 1. The summed E-state index contributed by atoms with van der Waals surface area (Å²) in [6.07, 6.45) is 34.2. The van der Waals surface area contributed by atoms with Gasteiger partial charge in [0.25, 0.3) is 7.82 Å². The second kappa shape index (κ2) is 33.6. The van der Waals surface area contributed by atoms with Gasteiger partial charge in [0.05, 0.1) is 33.9 Å². The highest BCUT2D eigenvalue weighted by molar-refractivity contribution is 7.45. The number of carbonyl (C=O) groups excluding carboxylic acids is 2. The predicted molar refractivity (Wildman–Crippen MR) is 240 cm³/mol. The molecule has 60 heavy (non-hydrogen) atoms. The Hall–Kier alpha value is -3.05. The lowest BCUT2D eigenvalue weighted by atomic mass is 10.0. The average molecular weight is 862 g/mol. The summed E-state index contributed by atoms with van der Waals surface area (Å²) >= 11 is 0. The SMILES string of the molecule is CC/C=C\C/C=C\C/C=C\C/C=C\C=C\C(O)CCCC(=O)OC[C@H](COP(=O)([O-])OCC[N+](C)(C)C)OC(=O)CCCCCCCCCCc1oc(CCC)c(C)c1C. The molecule has 11 nitrogen and oxygen atoms in total. The molecule has 1 N–H and O–H groups in total. The highest BCUT2D eigenvalue weighted by Crippen LogP contribution is 2.38. The molecule has 1 aromatic heterocycles. The van der Waals surface area contributed by atoms with Crippen LogP contribution in [0.15, 0.2) is 65.2 Å². The number of phosphoric acid groups is 1. The number of allylic oxidation sites excluding steroid dienone is 9. The van der Waals surface area contributed by atoms with Crippen LogP contribution in [0, 0.1) is 13.8 Å². The van der Waals surface area contributed by atoms with E-state index in [4.69, 9.17) is 22.9 Å². The molecule has 0 fully saturated rings. The Kier molecular flexibility index (Phi) is 30.7. The Balaban J connectivity index is 2.43. The fourth-order valence-corrected chi connectivity index (χ4v) is 6.81. The van der Waals surface area contributed by atoms with Gasteiger partial charge in [0.2, 0.25) is 0 Å². The van der Waals surface area contributed by atoms with Gasteiger partial charge >= 0.3 is 11.9 Å². The van der Waals surface area contributed by atoms with Gasteiger partial charge in [-0.2, -0.15) is 0 Å². The molecule has 342 valence electrons. The molecule has 1 aromatic rings. The van der Waals surface area contributed by atoms with Crippen LogP contribution in [0.5, 0.6) is 0 Å². The van der Waals surface area contributed by atoms with Crippen molar-refractivity contribution in [1.82, 2.24) is 0 Å². The normalized spacial score (nSPS) is 14.6. The molecule has 0 spiro atoms. The maximum absolute atomic E-state index is 12.7. The lowest BCUT2D eigenvalue weighted by Crippen LogP contribution is -2.37. The number of phosphoric ester groups is 1. The largest absolute Gasteiger partial charge is 0.756 e. The molecule has 0 aromatic carbocycles. The summed E-state index contributed by atoms with van der Waals surface area (Å²) in [5.41, 5.74) is 2.60. The van der Waals surface area contributed by atoms with Crippen molar-refractivity contribution in [2.24, 2.45) is 0 Å². The van der Waals surface area contributed by atoms with Gasteiger partial charge in [0.1, 0.15) is 31.3 Å². The van der Waals surface area contributed by atoms with Crippen molar-refractivity contribution in [1.29, 1.82) is 0 Å². The number of unbranched alkanes of at least 4 members (excludes halogenated alkanes) is 7. The maximum atomic E-state index is 12.7. The van der Waals surface area contributed by atoms with Crippen LogP contribution in [0.25, 0.3) is 0 Å². The van der Waals surface area contributed by atoms with Crippen LogP contribution in [-0.4, -0.2) is 81.2 Å². The summed E-state index contributed by atoms with van der Waals surface area (Å²) < 4.78 is 39.9. The van der Waals surface area contributed by atoms with Crippen LogP contribution in [0.1, 0.15) is 146 Å². The fraction of sp³-hybridized carbons (Fsp3) is 0.667. The summed E-state index contributed by atoms with van der Waals surface area (Å²) in [6, 6.07) is 0. The lowest BCUT2D eigenvalue weighted by Gasteiger charge is -2.28. The van der Waals surface area contributed by atoms with E-state index in [0.717, 1.165) is 101 Å². The van der Waals surface area contributed by atoms with Crippen molar-refractivity contribution < 1.29 is 51.6 Å². The van der Waals surface area contributed by atoms with E-state index in [9.17, 15) is 24.2 Å². The molecule has 1 rings (SSSR count). The van der Waals surface area contributed by atoms with Gasteiger partial charge in [-0.25, -0.2) is 0 Å². The Labute approximate surface area is 363 Å². The summed E-state index contributed by atoms with van der Waals surface area (Å²) in [5.74, 6) is 1.20. The minimum atomic E-state index is -4.69. The number of aliphatic hydroxyl groups is 1. The first-order valence-electron chi connectivity index (χ1n) is 22.5. The molecule has 0 aliphatic rings. The molecule has 0 aliphatic carbocycles. The van der Waals surface area contributed by atoms with Crippen LogP contribution in [0.4, 0.5) is 0 Å². The van der Waals surface area contributed by atoms with E-state index in [1.807, 2.05) is 33.3 Å². The maximum Gasteiger partial charge on any atom is 0.306 e. The van der Waals surface area contributed by atoms with Crippen LogP contribution in [0.2, 0.25) is 0 Å². The number of quaternary nitrogens is 1. The number of aliphatic hydroxyl groups excluding tert-OH is 1. The Morgan fingerprint density at radius 2 is 1.30 bits per heavy atom. The van der Waals surface area contributed by atoms with Gasteiger partial charge in [0, 0.05) is 25.7 Å². The number of nitrogens with zero attached hydrogens (tertiary/aromatic N) is 1. The standard InChI is InChI=1S/C48H80NO10P/c1-8-10-11-12-13-14-15-16-17-18-21-24-27-32-43(50)33-30-36-47(51)55-39-44(40-57-60(53,54)56-38-37-49(5,6)7)58-48(52)35-29-26-23-20-19-22-25-28-34-46-42(4)41(3)45(59-46)31-9-2/h10-11,13-14,16-17,21,24,27,32,43-44,50H,8-9,12,15,18-20,22-23,25-26,28-31,33-40H2,1-7H3/b11-10-,14-13-,17-16-,24-21-,32-27+/t43?,44-/m1/s1. The van der Waals surface area contributed by atoms with Gasteiger partial charge < -0.3 is 37.4 Å². The second-order valence-corrected chi connectivity index (χ2v) is 17.9. The first-order valence-corrected chi connectivity index (χ1v) is 23.9. The van der Waals surface area contributed by atoms with Crippen LogP contribution < -0.4 is 4.89 Å². The number of hydrogen-bond acceptors (Lipinski definition) is 10. The molecule has 0 saturated carbocycles. The van der Waals surface area contributed by atoms with Crippen LogP contribution >= 0.6 is 7.82 Å². The van der Waals surface area contributed by atoms with E-state index in [-0.39, 0.29) is 26.1 Å². The van der Waals surface area contributed by atoms with Crippen LogP contribution in [-0.2, 0) is 45.5 Å². The third kappa shape index (κ3) is 30.1. The number of aryl methyl sites for hydroxylation is 2. The highest BCUT2D eigenvalue weighted by atomic mass is 31.2. The van der Waals surface area contributed by atoms with Crippen molar-refractivity contribution in [3.05, 3.63) is 83.4 Å². The van der Waals surface area contributed by atoms with E-state index in [2.05, 4.69) is 64.2 Å². The third-order valence-electron chi connectivity index (χ3n) is 9.83. The fourth-order valence-electron chi connectivity index (χ4n) is 6.08. The Bertz CT molecular complexity index is 1500. The summed E-state index contributed by atoms with van der Waals surface area (Å²) in [7, 11) is 1.03. The van der Waals surface area contributed by atoms with Gasteiger partial charge in [-0.3, -0.25) is 14.2 Å². The smallest absolute Gasteiger partial charge is 0.306 e. The molecule has 0 saturated heterocycles. The van der Waals surface area contributed by atoms with Crippen LogP contribution in [0.3, 0.4) is 0 Å². The van der Waals surface area contributed by atoms with E-state index in [1.54, 1.807) is 12.2 Å². The first kappa shape index (κ1) is 55.0. The molecular weight excluding hydrogens is 781 g/mol. The zero-order chi connectivity index (χ0) is 44.5. The quantitative estimate of drug-likeness (QED) is 0.0173. The monoisotopic (exact) mass is 862 g/mol. The first-order chi connectivity index (χ1) is 28.7. The summed E-state index contributed by atoms with van der Waals surface area (Å²) in [4.78, 5) is 37.7. The molecule has 12 heteroatoms. The van der Waals surface area contributed by atoms with Crippen molar-refractivity contribution in [2.75, 3.05) is 47.5 Å². The van der Waals surface area contributed by atoms with E-state index >= 15 is 0 Å². The Morgan fingerprint density at radius 1 is 0.733 bits per heavy atom. The van der Waals surface area contributed by atoms with E-state index in [1.165, 1.54) is 11.1 Å². The number of carbonyl (C=O) groups is 2. The van der Waals surface area contributed by atoms with Gasteiger partial charge in [-0.15, -0.1) is 0 Å². The zero-order valence-corrected chi connectivity index (χ0v) is 39.1. The van der Waals surface area contributed by atoms with E-state index in [0.29, 0.717) is 30.3 Å². The number of furan rings is 1. The molecule has 0 radical (unpaired) electrons. The lowest BCUT2D eigenvalue weighted by molar-refractivity contribution is -0.870. The topological polar surface area (TPSA) is 145 Å². The minimum absolute atomic E-state index is 0.0356. The number of esters is 2. The minimum Gasteiger partial charge on any atom is -0.756 e. The number of ether oxygens (including phenoxy) is 2. The molecule has 0 aliphatic heterocycles. The number of rotatable bonds is 36. The van der Waals surface area contributed by atoms with Gasteiger partial charge in [-0.1, -0.05) is 113 Å². The van der Waals surface area contributed by atoms with E-state index < -0.39 is 38.6 Å². The molecular formula is C48H80NO10P. The molecule has 1 heterocycles. The second-order valence-electron chi connectivity index (χ2n) is 16.5. The highest BCUT2D eigenvalue weighted by Gasteiger charge is 2.22. The average Bonchev–Trinajstić information content (AvgIpc) is 3.45. The van der Waals surface area contributed by atoms with Crippen molar-refractivity contribution in [3.63, 3.8) is 0 Å². The molecule has 0 bridgehead atoms.